The third-order valence-corrected chi connectivity index (χ3v) is 3.83. The zero-order valence-electron chi connectivity index (χ0n) is 12.6. The Morgan fingerprint density at radius 1 is 1.35 bits per heavy atom. The van der Waals surface area contributed by atoms with Crippen molar-refractivity contribution in [2.45, 2.75) is 12.8 Å². The summed E-state index contributed by atoms with van der Waals surface area (Å²) < 4.78 is 4.77. The average molecular weight is 312 g/mol. The molecule has 2 aromatic rings. The number of rotatable bonds is 3. The van der Waals surface area contributed by atoms with Crippen LogP contribution in [0.5, 0.6) is 5.75 Å². The summed E-state index contributed by atoms with van der Waals surface area (Å²) >= 11 is 0. The number of carbonyl (C=O) groups excluding carboxylic acids is 2. The molecule has 1 aliphatic rings. The van der Waals surface area contributed by atoms with Gasteiger partial charge in [-0.15, -0.1) is 0 Å². The van der Waals surface area contributed by atoms with E-state index in [1.54, 1.807) is 0 Å². The monoisotopic (exact) mass is 312 g/mol. The highest BCUT2D eigenvalue weighted by atomic mass is 16.5. The van der Waals surface area contributed by atoms with Gasteiger partial charge in [0.1, 0.15) is 0 Å². The first-order chi connectivity index (χ1) is 11.1. The molecule has 0 atom stereocenters. The minimum atomic E-state index is -0.606. The molecule has 3 rings (SSSR count). The third kappa shape index (κ3) is 2.75. The zero-order valence-corrected chi connectivity index (χ0v) is 12.6. The number of benzene rings is 1. The average Bonchev–Trinajstić information content (AvgIpc) is 2.57. The van der Waals surface area contributed by atoms with Crippen molar-refractivity contribution >= 4 is 11.9 Å². The molecule has 0 radical (unpaired) electrons. The number of aromatic nitrogens is 1. The number of amides is 1. The fourth-order valence-electron chi connectivity index (χ4n) is 2.72. The zero-order chi connectivity index (χ0) is 16.4. The maximum Gasteiger partial charge on any atom is 0.356 e. The molecule has 2 N–H and O–H groups in total. The molecule has 6 nitrogen and oxygen atoms in total. The lowest BCUT2D eigenvalue weighted by molar-refractivity contribution is 0.0592. The molecule has 0 unspecified atom stereocenters. The van der Waals surface area contributed by atoms with Gasteiger partial charge < -0.3 is 15.2 Å². The molecule has 0 bridgehead atoms. The first-order valence-corrected chi connectivity index (χ1v) is 7.27. The van der Waals surface area contributed by atoms with Crippen LogP contribution in [0.15, 0.2) is 30.3 Å². The van der Waals surface area contributed by atoms with Crippen molar-refractivity contribution in [2.75, 3.05) is 13.7 Å². The van der Waals surface area contributed by atoms with Crippen molar-refractivity contribution in [3.63, 3.8) is 0 Å². The second kappa shape index (κ2) is 6.08. The van der Waals surface area contributed by atoms with Crippen LogP contribution in [0.2, 0.25) is 0 Å². The summed E-state index contributed by atoms with van der Waals surface area (Å²) in [6.07, 6.45) is 0.745. The molecule has 2 heterocycles. The summed E-state index contributed by atoms with van der Waals surface area (Å²) in [6, 6.07) is 9.41. The lowest BCUT2D eigenvalue weighted by Crippen LogP contribution is -2.34. The molecule has 1 aliphatic heterocycles. The van der Waals surface area contributed by atoms with Crippen LogP contribution in [-0.2, 0) is 17.6 Å². The van der Waals surface area contributed by atoms with Crippen molar-refractivity contribution in [2.24, 2.45) is 0 Å². The normalized spacial score (nSPS) is 13.2. The van der Waals surface area contributed by atoms with Gasteiger partial charge in [-0.25, -0.2) is 9.78 Å². The Morgan fingerprint density at radius 3 is 2.78 bits per heavy atom. The Morgan fingerprint density at radius 2 is 2.09 bits per heavy atom. The fourth-order valence-corrected chi connectivity index (χ4v) is 2.72. The highest BCUT2D eigenvalue weighted by Crippen LogP contribution is 2.31. The van der Waals surface area contributed by atoms with E-state index in [0.717, 1.165) is 5.56 Å². The molecule has 0 saturated carbocycles. The van der Waals surface area contributed by atoms with Gasteiger partial charge in [-0.2, -0.15) is 0 Å². The summed E-state index contributed by atoms with van der Waals surface area (Å²) in [7, 11) is 1.27. The van der Waals surface area contributed by atoms with Crippen LogP contribution >= 0.6 is 0 Å². The Labute approximate surface area is 133 Å². The first-order valence-electron chi connectivity index (χ1n) is 7.27. The SMILES string of the molecule is COC(=O)c1nc(Cc2ccccc2)c(O)c2c1CCNC2=O. The topological polar surface area (TPSA) is 88.5 Å². The van der Waals surface area contributed by atoms with Gasteiger partial charge in [-0.1, -0.05) is 30.3 Å². The van der Waals surface area contributed by atoms with Crippen molar-refractivity contribution < 1.29 is 19.4 Å². The van der Waals surface area contributed by atoms with Crippen LogP contribution in [0.4, 0.5) is 0 Å². The molecule has 1 aromatic carbocycles. The molecule has 1 aromatic heterocycles. The van der Waals surface area contributed by atoms with Crippen LogP contribution < -0.4 is 5.32 Å². The van der Waals surface area contributed by atoms with Crippen LogP contribution in [-0.4, -0.2) is 35.6 Å². The summed E-state index contributed by atoms with van der Waals surface area (Å²) in [6.45, 7) is 0.398. The second-order valence-electron chi connectivity index (χ2n) is 5.27. The van der Waals surface area contributed by atoms with Crippen LogP contribution in [0.25, 0.3) is 0 Å². The Bertz CT molecular complexity index is 772. The third-order valence-electron chi connectivity index (χ3n) is 3.83. The molecular weight excluding hydrogens is 296 g/mol. The summed E-state index contributed by atoms with van der Waals surface area (Å²) in [5.41, 5.74) is 1.86. The number of fused-ring (bicyclic) bond motifs is 1. The predicted octanol–water partition coefficient (Wildman–Crippen LogP) is 1.45. The predicted molar refractivity (Wildman–Crippen MR) is 82.5 cm³/mol. The Balaban J connectivity index is 2.15. The van der Waals surface area contributed by atoms with Crippen molar-refractivity contribution in [3.8, 4) is 5.75 Å². The van der Waals surface area contributed by atoms with Gasteiger partial charge in [0.15, 0.2) is 11.4 Å². The number of pyridine rings is 1. The van der Waals surface area contributed by atoms with Gasteiger partial charge in [0.05, 0.1) is 18.4 Å². The molecule has 118 valence electrons. The van der Waals surface area contributed by atoms with Gasteiger partial charge in [0.25, 0.3) is 5.91 Å². The van der Waals surface area contributed by atoms with E-state index in [9.17, 15) is 14.7 Å². The fraction of sp³-hybridized carbons (Fsp3) is 0.235. The number of esters is 1. The van der Waals surface area contributed by atoms with E-state index in [2.05, 4.69) is 10.3 Å². The van der Waals surface area contributed by atoms with Crippen molar-refractivity contribution in [3.05, 3.63) is 58.4 Å². The van der Waals surface area contributed by atoms with Gasteiger partial charge in [0, 0.05) is 18.5 Å². The number of ether oxygens (including phenoxy) is 1. The summed E-state index contributed by atoms with van der Waals surface area (Å²) in [5, 5.41) is 13.1. The van der Waals surface area contributed by atoms with Crippen LogP contribution in [0, 0.1) is 0 Å². The largest absolute Gasteiger partial charge is 0.505 e. The first kappa shape index (κ1) is 15.0. The van der Waals surface area contributed by atoms with E-state index in [4.69, 9.17) is 4.74 Å². The summed E-state index contributed by atoms with van der Waals surface area (Å²) in [5.74, 6) is -1.18. The maximum atomic E-state index is 12.1. The van der Waals surface area contributed by atoms with Crippen molar-refractivity contribution in [1.82, 2.24) is 10.3 Å². The van der Waals surface area contributed by atoms with E-state index in [1.807, 2.05) is 30.3 Å². The number of hydrogen-bond donors (Lipinski definition) is 2. The quantitative estimate of drug-likeness (QED) is 0.838. The highest BCUT2D eigenvalue weighted by molar-refractivity contribution is 6.03. The standard InChI is InChI=1S/C17H16N2O4/c1-23-17(22)14-11-7-8-18-16(21)13(11)15(20)12(19-14)9-10-5-3-2-4-6-10/h2-6,20H,7-9H2,1H3,(H,18,21). The van der Waals surface area contributed by atoms with Gasteiger partial charge >= 0.3 is 5.97 Å². The summed E-state index contributed by atoms with van der Waals surface area (Å²) in [4.78, 5) is 28.4. The van der Waals surface area contributed by atoms with E-state index < -0.39 is 11.9 Å². The lowest BCUT2D eigenvalue weighted by atomic mass is 9.95. The van der Waals surface area contributed by atoms with E-state index in [-0.39, 0.29) is 22.7 Å². The molecule has 0 aliphatic carbocycles. The molecule has 6 heteroatoms. The Hall–Kier alpha value is -2.89. The number of hydrogen-bond acceptors (Lipinski definition) is 5. The van der Waals surface area contributed by atoms with Crippen LogP contribution in [0.3, 0.4) is 0 Å². The number of nitrogens with zero attached hydrogens (tertiary/aromatic N) is 1. The van der Waals surface area contributed by atoms with Crippen molar-refractivity contribution in [1.29, 1.82) is 0 Å². The molecule has 0 spiro atoms. The highest BCUT2D eigenvalue weighted by Gasteiger charge is 2.30. The molecular formula is C17H16N2O4. The molecule has 0 fully saturated rings. The van der Waals surface area contributed by atoms with E-state index >= 15 is 0 Å². The smallest absolute Gasteiger partial charge is 0.356 e. The number of methoxy groups -OCH3 is 1. The second-order valence-corrected chi connectivity index (χ2v) is 5.27. The molecule has 0 saturated heterocycles. The van der Waals surface area contributed by atoms with E-state index in [1.165, 1.54) is 7.11 Å². The lowest BCUT2D eigenvalue weighted by Gasteiger charge is -2.21. The Kier molecular flexibility index (Phi) is 3.97. The number of nitrogens with one attached hydrogen (secondary N) is 1. The van der Waals surface area contributed by atoms with E-state index in [0.29, 0.717) is 24.9 Å². The molecule has 23 heavy (non-hydrogen) atoms. The van der Waals surface area contributed by atoms with Gasteiger partial charge in [0.2, 0.25) is 0 Å². The van der Waals surface area contributed by atoms with Gasteiger partial charge in [-0.3, -0.25) is 4.79 Å². The maximum absolute atomic E-state index is 12.1. The van der Waals surface area contributed by atoms with Crippen LogP contribution in [0.1, 0.15) is 37.7 Å². The minimum absolute atomic E-state index is 0.0982. The molecule has 1 amide bonds. The minimum Gasteiger partial charge on any atom is -0.505 e. The number of carbonyl (C=O) groups is 2. The number of aromatic hydroxyl groups is 1. The van der Waals surface area contributed by atoms with Gasteiger partial charge in [-0.05, 0) is 12.0 Å².